The number of anilines is 2. The summed E-state index contributed by atoms with van der Waals surface area (Å²) < 4.78 is 60.3. The summed E-state index contributed by atoms with van der Waals surface area (Å²) in [6.45, 7) is 0. The van der Waals surface area contributed by atoms with Crippen LogP contribution < -0.4 is 14.8 Å². The lowest BCUT2D eigenvalue weighted by atomic mass is 10.2. The molecular weight excluding hydrogens is 438 g/mol. The van der Waals surface area contributed by atoms with E-state index < -0.39 is 32.5 Å². The molecule has 156 valence electrons. The van der Waals surface area contributed by atoms with Crippen LogP contribution in [0.5, 0.6) is 5.75 Å². The maximum absolute atomic E-state index is 14.3. The van der Waals surface area contributed by atoms with Crippen LogP contribution in [0, 0.1) is 11.6 Å². The number of benzene rings is 3. The minimum absolute atomic E-state index is 0.107. The summed E-state index contributed by atoms with van der Waals surface area (Å²) in [7, 11) is -3.01. The second kappa shape index (κ2) is 8.68. The summed E-state index contributed by atoms with van der Waals surface area (Å²) in [6, 6.07) is 12.6. The first-order valence-electron chi connectivity index (χ1n) is 8.43. The van der Waals surface area contributed by atoms with Crippen LogP contribution >= 0.6 is 11.6 Å². The maximum atomic E-state index is 14.3. The fourth-order valence-electron chi connectivity index (χ4n) is 2.56. The van der Waals surface area contributed by atoms with Gasteiger partial charge >= 0.3 is 0 Å². The molecule has 0 saturated carbocycles. The van der Waals surface area contributed by atoms with Crippen molar-refractivity contribution in [2.45, 2.75) is 4.90 Å². The van der Waals surface area contributed by atoms with Gasteiger partial charge in [-0.1, -0.05) is 23.7 Å². The molecule has 3 aromatic carbocycles. The standard InChI is InChI=1S/C20H15ClF2N2O4S/c1-29-18-5-3-2-4-17(18)25-30(27,28)19-10-12(6-8-16(19)23)20(26)24-13-7-9-15(22)14(21)11-13/h2-11,25H,1H3,(H,24,26). The van der Waals surface area contributed by atoms with E-state index in [1.807, 2.05) is 0 Å². The zero-order valence-corrected chi connectivity index (χ0v) is 17.0. The molecule has 1 amide bonds. The number of rotatable bonds is 6. The van der Waals surface area contributed by atoms with Crippen LogP contribution in [0.4, 0.5) is 20.2 Å². The predicted octanol–water partition coefficient (Wildman–Crippen LogP) is 4.68. The summed E-state index contributed by atoms with van der Waals surface area (Å²) >= 11 is 5.68. The van der Waals surface area contributed by atoms with Crippen molar-refractivity contribution in [1.29, 1.82) is 0 Å². The fraction of sp³-hybridized carbons (Fsp3) is 0.0500. The van der Waals surface area contributed by atoms with Crippen molar-refractivity contribution in [1.82, 2.24) is 0 Å². The fourth-order valence-corrected chi connectivity index (χ4v) is 3.91. The van der Waals surface area contributed by atoms with E-state index in [1.165, 1.54) is 31.4 Å². The molecule has 3 rings (SSSR count). The molecule has 0 atom stereocenters. The highest BCUT2D eigenvalue weighted by Gasteiger charge is 2.23. The third-order valence-corrected chi connectivity index (χ3v) is 5.68. The molecule has 30 heavy (non-hydrogen) atoms. The first-order chi connectivity index (χ1) is 14.2. The summed E-state index contributed by atoms with van der Waals surface area (Å²) in [5.74, 6) is -2.19. The Hall–Kier alpha value is -3.17. The van der Waals surface area contributed by atoms with Crippen LogP contribution in [0.25, 0.3) is 0 Å². The Morgan fingerprint density at radius 1 is 1.00 bits per heavy atom. The quantitative estimate of drug-likeness (QED) is 0.568. The van der Waals surface area contributed by atoms with Gasteiger partial charge in [-0.15, -0.1) is 0 Å². The van der Waals surface area contributed by atoms with Crippen molar-refractivity contribution in [2.24, 2.45) is 0 Å². The van der Waals surface area contributed by atoms with Gasteiger partial charge in [0.1, 0.15) is 22.3 Å². The molecule has 6 nitrogen and oxygen atoms in total. The van der Waals surface area contributed by atoms with Crippen molar-refractivity contribution >= 4 is 38.9 Å². The molecule has 0 aliphatic heterocycles. The molecular formula is C20H15ClF2N2O4S. The second-order valence-corrected chi connectivity index (χ2v) is 8.09. The molecule has 0 aliphatic carbocycles. The highest BCUT2D eigenvalue weighted by atomic mass is 35.5. The Morgan fingerprint density at radius 2 is 1.70 bits per heavy atom. The molecule has 3 aromatic rings. The molecule has 0 spiro atoms. The third-order valence-electron chi connectivity index (χ3n) is 4.01. The van der Waals surface area contributed by atoms with Crippen molar-refractivity contribution in [3.63, 3.8) is 0 Å². The van der Waals surface area contributed by atoms with Crippen LogP contribution in [0.2, 0.25) is 5.02 Å². The van der Waals surface area contributed by atoms with Crippen LogP contribution in [0.1, 0.15) is 10.4 Å². The summed E-state index contributed by atoms with van der Waals surface area (Å²) in [5.41, 5.74) is 0.166. The van der Waals surface area contributed by atoms with E-state index in [2.05, 4.69) is 10.0 Å². The zero-order valence-electron chi connectivity index (χ0n) is 15.4. The number of nitrogens with one attached hydrogen (secondary N) is 2. The molecule has 0 fully saturated rings. The maximum Gasteiger partial charge on any atom is 0.264 e. The van der Waals surface area contributed by atoms with Gasteiger partial charge in [0.15, 0.2) is 0 Å². The minimum Gasteiger partial charge on any atom is -0.495 e. The number of sulfonamides is 1. The summed E-state index contributed by atoms with van der Waals surface area (Å²) in [5, 5.41) is 2.25. The van der Waals surface area contributed by atoms with Crippen molar-refractivity contribution in [3.8, 4) is 5.75 Å². The number of hydrogen-bond acceptors (Lipinski definition) is 4. The monoisotopic (exact) mass is 452 g/mol. The van der Waals surface area contributed by atoms with Crippen molar-refractivity contribution < 1.29 is 26.7 Å². The van der Waals surface area contributed by atoms with Crippen LogP contribution in [0.15, 0.2) is 65.6 Å². The van der Waals surface area contributed by atoms with E-state index >= 15 is 0 Å². The largest absolute Gasteiger partial charge is 0.495 e. The topological polar surface area (TPSA) is 84.5 Å². The number of para-hydroxylation sites is 2. The van der Waals surface area contributed by atoms with Gasteiger partial charge in [-0.25, -0.2) is 17.2 Å². The molecule has 0 saturated heterocycles. The Balaban J connectivity index is 1.90. The number of carbonyl (C=O) groups excluding carboxylic acids is 1. The van der Waals surface area contributed by atoms with Crippen molar-refractivity contribution in [3.05, 3.63) is 82.9 Å². The lowest BCUT2D eigenvalue weighted by Crippen LogP contribution is -2.17. The predicted molar refractivity (Wildman–Crippen MR) is 110 cm³/mol. The smallest absolute Gasteiger partial charge is 0.264 e. The van der Waals surface area contributed by atoms with Crippen LogP contribution in [0.3, 0.4) is 0 Å². The highest BCUT2D eigenvalue weighted by Crippen LogP contribution is 2.27. The Bertz CT molecular complexity index is 1220. The molecule has 0 aliphatic rings. The lowest BCUT2D eigenvalue weighted by Gasteiger charge is -2.13. The van der Waals surface area contributed by atoms with E-state index in [4.69, 9.17) is 16.3 Å². The van der Waals surface area contributed by atoms with Gasteiger partial charge in [0, 0.05) is 11.3 Å². The van der Waals surface area contributed by atoms with Gasteiger partial charge in [-0.05, 0) is 48.5 Å². The van der Waals surface area contributed by atoms with Crippen LogP contribution in [-0.2, 0) is 10.0 Å². The zero-order chi connectivity index (χ0) is 21.9. The lowest BCUT2D eigenvalue weighted by molar-refractivity contribution is 0.102. The second-order valence-electron chi connectivity index (χ2n) is 6.03. The average molecular weight is 453 g/mol. The Kier molecular flexibility index (Phi) is 6.23. The SMILES string of the molecule is COc1ccccc1NS(=O)(=O)c1cc(C(=O)Nc2ccc(F)c(Cl)c2)ccc1F. The summed E-state index contributed by atoms with van der Waals surface area (Å²) in [4.78, 5) is 11.7. The van der Waals surface area contributed by atoms with E-state index in [0.29, 0.717) is 0 Å². The number of carbonyl (C=O) groups is 1. The van der Waals surface area contributed by atoms with Gasteiger partial charge in [-0.3, -0.25) is 9.52 Å². The van der Waals surface area contributed by atoms with E-state index in [1.54, 1.807) is 12.1 Å². The number of amides is 1. The molecule has 0 aromatic heterocycles. The van der Waals surface area contributed by atoms with Crippen molar-refractivity contribution in [2.75, 3.05) is 17.1 Å². The highest BCUT2D eigenvalue weighted by molar-refractivity contribution is 7.92. The number of ether oxygens (including phenoxy) is 1. The number of methoxy groups -OCH3 is 1. The van der Waals surface area contributed by atoms with Crippen LogP contribution in [-0.4, -0.2) is 21.4 Å². The number of hydrogen-bond donors (Lipinski definition) is 2. The molecule has 10 heteroatoms. The first-order valence-corrected chi connectivity index (χ1v) is 10.3. The Labute approximate surface area is 176 Å². The van der Waals surface area contributed by atoms with Gasteiger partial charge in [0.2, 0.25) is 0 Å². The Morgan fingerprint density at radius 3 is 2.40 bits per heavy atom. The third kappa shape index (κ3) is 4.69. The molecule has 2 N–H and O–H groups in total. The van der Waals surface area contributed by atoms with Gasteiger partial charge in [0.05, 0.1) is 17.8 Å². The van der Waals surface area contributed by atoms with Gasteiger partial charge < -0.3 is 10.1 Å². The van der Waals surface area contributed by atoms with E-state index in [-0.39, 0.29) is 27.7 Å². The normalized spacial score (nSPS) is 11.1. The molecule has 0 unspecified atom stereocenters. The first kappa shape index (κ1) is 21.5. The van der Waals surface area contributed by atoms with Gasteiger partial charge in [-0.2, -0.15) is 0 Å². The average Bonchev–Trinajstić information content (AvgIpc) is 2.71. The van der Waals surface area contributed by atoms with E-state index in [9.17, 15) is 22.0 Å². The molecule has 0 bridgehead atoms. The van der Waals surface area contributed by atoms with Gasteiger partial charge in [0.25, 0.3) is 15.9 Å². The summed E-state index contributed by atoms with van der Waals surface area (Å²) in [6.07, 6.45) is 0. The number of halogens is 3. The minimum atomic E-state index is -4.37. The molecule has 0 radical (unpaired) electrons. The van der Waals surface area contributed by atoms with E-state index in [0.717, 1.165) is 24.3 Å². The molecule has 0 heterocycles.